The van der Waals surface area contributed by atoms with Gasteiger partial charge < -0.3 is 14.2 Å². The normalized spacial score (nSPS) is 13.0. The molecule has 0 spiro atoms. The summed E-state index contributed by atoms with van der Waals surface area (Å²) >= 11 is 0. The van der Waals surface area contributed by atoms with E-state index in [0.29, 0.717) is 32.3 Å². The van der Waals surface area contributed by atoms with Crippen molar-refractivity contribution < 1.29 is 14.2 Å². The van der Waals surface area contributed by atoms with Crippen LogP contribution < -0.4 is 4.74 Å². The van der Waals surface area contributed by atoms with Crippen molar-refractivity contribution in [3.8, 4) is 5.75 Å². The third-order valence-electron chi connectivity index (χ3n) is 3.86. The average molecular weight is 375 g/mol. The van der Waals surface area contributed by atoms with E-state index < -0.39 is 0 Å². The van der Waals surface area contributed by atoms with Crippen molar-refractivity contribution in [1.29, 1.82) is 0 Å². The molecule has 5 heteroatoms. The van der Waals surface area contributed by atoms with Gasteiger partial charge in [0, 0.05) is 38.1 Å². The largest absolute Gasteiger partial charge is 0.491 e. The van der Waals surface area contributed by atoms with Crippen molar-refractivity contribution in [3.05, 3.63) is 41.0 Å². The average Bonchev–Trinajstić information content (AvgIpc) is 2.65. The van der Waals surface area contributed by atoms with E-state index in [2.05, 4.69) is 30.8 Å². The maximum atomic E-state index is 5.84. The Morgan fingerprint density at radius 2 is 1.78 bits per heavy atom. The van der Waals surface area contributed by atoms with Crippen LogP contribution in [0.1, 0.15) is 31.9 Å². The number of nitrogens with zero attached hydrogens (tertiary/aromatic N) is 2. The van der Waals surface area contributed by atoms with E-state index in [9.17, 15) is 0 Å². The fourth-order valence-electron chi connectivity index (χ4n) is 2.52. The van der Waals surface area contributed by atoms with Gasteiger partial charge in [-0.15, -0.1) is 0 Å². The molecule has 1 aromatic rings. The molecule has 0 aliphatic heterocycles. The molecule has 0 heterocycles. The minimum absolute atomic E-state index is 0.498. The number of rotatable bonds is 12. The second kappa shape index (κ2) is 13.2. The molecule has 1 aromatic carbocycles. The van der Waals surface area contributed by atoms with Gasteiger partial charge in [0.05, 0.1) is 25.5 Å². The SMILES string of the molecule is C/C=C(\C=NC)C(=NC)c1cc(OCCOCCOCC(C)C)ccc1C. The zero-order chi connectivity index (χ0) is 20.1. The van der Waals surface area contributed by atoms with Gasteiger partial charge in [0.2, 0.25) is 0 Å². The van der Waals surface area contributed by atoms with Crippen LogP contribution in [0.25, 0.3) is 0 Å². The lowest BCUT2D eigenvalue weighted by molar-refractivity contribution is 0.0282. The van der Waals surface area contributed by atoms with E-state index in [1.165, 1.54) is 0 Å². The summed E-state index contributed by atoms with van der Waals surface area (Å²) in [5.74, 6) is 1.35. The van der Waals surface area contributed by atoms with Crippen LogP contribution in [-0.2, 0) is 9.47 Å². The van der Waals surface area contributed by atoms with Crippen molar-refractivity contribution in [2.75, 3.05) is 47.1 Å². The quantitative estimate of drug-likeness (QED) is 0.408. The van der Waals surface area contributed by atoms with Crippen LogP contribution in [0.4, 0.5) is 0 Å². The van der Waals surface area contributed by atoms with Gasteiger partial charge in [0.25, 0.3) is 0 Å². The third kappa shape index (κ3) is 8.50. The van der Waals surface area contributed by atoms with Gasteiger partial charge in [-0.05, 0) is 37.5 Å². The zero-order valence-corrected chi connectivity index (χ0v) is 17.6. The minimum Gasteiger partial charge on any atom is -0.491 e. The number of aliphatic imine (C=N–C) groups is 2. The molecule has 5 nitrogen and oxygen atoms in total. The molecule has 27 heavy (non-hydrogen) atoms. The second-order valence-electron chi connectivity index (χ2n) is 6.61. The van der Waals surface area contributed by atoms with E-state index >= 15 is 0 Å². The Hall–Kier alpha value is -1.98. The molecule has 0 aliphatic rings. The lowest BCUT2D eigenvalue weighted by Gasteiger charge is -2.13. The minimum atomic E-state index is 0.498. The lowest BCUT2D eigenvalue weighted by atomic mass is 9.98. The number of hydrogen-bond donors (Lipinski definition) is 0. The second-order valence-corrected chi connectivity index (χ2v) is 6.61. The highest BCUT2D eigenvalue weighted by Gasteiger charge is 2.11. The van der Waals surface area contributed by atoms with Crippen LogP contribution in [0.2, 0.25) is 0 Å². The number of benzene rings is 1. The van der Waals surface area contributed by atoms with Gasteiger partial charge in [0.1, 0.15) is 12.4 Å². The summed E-state index contributed by atoms with van der Waals surface area (Å²) in [6, 6.07) is 6.05. The molecular weight excluding hydrogens is 340 g/mol. The summed E-state index contributed by atoms with van der Waals surface area (Å²) in [7, 11) is 3.56. The monoisotopic (exact) mass is 374 g/mol. The van der Waals surface area contributed by atoms with Crippen LogP contribution in [0.15, 0.2) is 39.8 Å². The molecule has 0 aromatic heterocycles. The van der Waals surface area contributed by atoms with E-state index in [0.717, 1.165) is 34.8 Å². The summed E-state index contributed by atoms with van der Waals surface area (Å²) < 4.78 is 16.9. The predicted molar refractivity (Wildman–Crippen MR) is 114 cm³/mol. The van der Waals surface area contributed by atoms with E-state index in [1.54, 1.807) is 14.1 Å². The topological polar surface area (TPSA) is 52.4 Å². The van der Waals surface area contributed by atoms with Crippen molar-refractivity contribution >= 4 is 11.9 Å². The van der Waals surface area contributed by atoms with Gasteiger partial charge in [-0.25, -0.2) is 0 Å². The van der Waals surface area contributed by atoms with E-state index in [4.69, 9.17) is 14.2 Å². The van der Waals surface area contributed by atoms with Gasteiger partial charge in [0.15, 0.2) is 0 Å². The Kier molecular flexibility index (Phi) is 11.3. The molecular formula is C22H34N2O3. The molecule has 0 saturated carbocycles. The van der Waals surface area contributed by atoms with Gasteiger partial charge in [-0.2, -0.15) is 0 Å². The summed E-state index contributed by atoms with van der Waals surface area (Å²) in [6.45, 7) is 11.3. The van der Waals surface area contributed by atoms with Gasteiger partial charge >= 0.3 is 0 Å². The molecule has 150 valence electrons. The maximum absolute atomic E-state index is 5.84. The van der Waals surface area contributed by atoms with E-state index in [-0.39, 0.29) is 0 Å². The molecule has 0 aliphatic carbocycles. The predicted octanol–water partition coefficient (Wildman–Crippen LogP) is 4.13. The van der Waals surface area contributed by atoms with Crippen molar-refractivity contribution in [2.24, 2.45) is 15.9 Å². The smallest absolute Gasteiger partial charge is 0.120 e. The molecule has 0 bridgehead atoms. The summed E-state index contributed by atoms with van der Waals surface area (Å²) in [4.78, 5) is 8.59. The Morgan fingerprint density at radius 1 is 1.07 bits per heavy atom. The van der Waals surface area contributed by atoms with Crippen LogP contribution in [0, 0.1) is 12.8 Å². The molecule has 0 saturated heterocycles. The first-order valence-electron chi connectivity index (χ1n) is 9.48. The highest BCUT2D eigenvalue weighted by atomic mass is 16.5. The van der Waals surface area contributed by atoms with Crippen LogP contribution in [0.3, 0.4) is 0 Å². The number of ether oxygens (including phenoxy) is 3. The first kappa shape index (κ1) is 23.1. The Labute approximate surface area is 164 Å². The van der Waals surface area contributed by atoms with Gasteiger partial charge in [-0.1, -0.05) is 26.0 Å². The Bertz CT molecular complexity index is 649. The molecule has 0 unspecified atom stereocenters. The number of allylic oxidation sites excluding steroid dienone is 2. The fraction of sp³-hybridized carbons (Fsp3) is 0.545. The highest BCUT2D eigenvalue weighted by Crippen LogP contribution is 2.21. The highest BCUT2D eigenvalue weighted by molar-refractivity contribution is 6.24. The fourth-order valence-corrected chi connectivity index (χ4v) is 2.52. The molecule has 1 rings (SSSR count). The van der Waals surface area contributed by atoms with Crippen LogP contribution in [0.5, 0.6) is 5.75 Å². The maximum Gasteiger partial charge on any atom is 0.120 e. The molecule has 0 radical (unpaired) electrons. The third-order valence-corrected chi connectivity index (χ3v) is 3.86. The van der Waals surface area contributed by atoms with Crippen molar-refractivity contribution in [2.45, 2.75) is 27.7 Å². The summed E-state index contributed by atoms with van der Waals surface area (Å²) in [6.07, 6.45) is 3.84. The van der Waals surface area contributed by atoms with Crippen molar-refractivity contribution in [1.82, 2.24) is 0 Å². The summed E-state index contributed by atoms with van der Waals surface area (Å²) in [5, 5.41) is 0. The van der Waals surface area contributed by atoms with Crippen LogP contribution >= 0.6 is 0 Å². The number of hydrogen-bond acceptors (Lipinski definition) is 5. The summed E-state index contributed by atoms with van der Waals surface area (Å²) in [5.41, 5.74) is 4.09. The number of aryl methyl sites for hydroxylation is 1. The molecule has 0 N–H and O–H groups in total. The Balaban J connectivity index is 2.58. The lowest BCUT2D eigenvalue weighted by Crippen LogP contribution is -2.13. The Morgan fingerprint density at radius 3 is 2.41 bits per heavy atom. The molecule has 0 amide bonds. The van der Waals surface area contributed by atoms with Crippen molar-refractivity contribution in [3.63, 3.8) is 0 Å². The first-order chi connectivity index (χ1) is 13.0. The zero-order valence-electron chi connectivity index (χ0n) is 17.6. The molecule has 0 fully saturated rings. The first-order valence-corrected chi connectivity index (χ1v) is 9.48. The van der Waals surface area contributed by atoms with E-state index in [1.807, 2.05) is 37.4 Å². The van der Waals surface area contributed by atoms with Crippen LogP contribution in [-0.4, -0.2) is 59.1 Å². The standard InChI is InChI=1S/C22H34N2O3/c1-7-19(15-23-5)22(24-6)21-14-20(9-8-18(21)4)27-13-12-25-10-11-26-16-17(2)3/h7-9,14-15,17H,10-13,16H2,1-6H3/b19-7+,23-15?,24-22?. The molecule has 0 atom stereocenters. The van der Waals surface area contributed by atoms with Gasteiger partial charge in [-0.3, -0.25) is 9.98 Å².